The van der Waals surface area contributed by atoms with Crippen LogP contribution in [0.2, 0.25) is 0 Å². The summed E-state index contributed by atoms with van der Waals surface area (Å²) in [6.07, 6.45) is 2.51. The predicted molar refractivity (Wildman–Crippen MR) is 68.5 cm³/mol. The monoisotopic (exact) mass is 237 g/mol. The second kappa shape index (κ2) is 4.07. The number of fused-ring (bicyclic) bond motifs is 1. The van der Waals surface area contributed by atoms with Gasteiger partial charge in [-0.15, -0.1) is 5.10 Å². The van der Waals surface area contributed by atoms with Crippen LogP contribution in [0.5, 0.6) is 0 Å². The molecule has 3 aromatic rings. The van der Waals surface area contributed by atoms with Gasteiger partial charge in [-0.1, -0.05) is 30.3 Å². The number of pyridine rings is 1. The standard InChI is InChI=1S/C14H11N3O/c1-10-7-11(9-18)8-17-14(10)15-13(16-17)12-5-3-2-4-6-12/h2-9H,1H3. The van der Waals surface area contributed by atoms with Gasteiger partial charge in [0.15, 0.2) is 17.8 Å². The highest BCUT2D eigenvalue weighted by molar-refractivity contribution is 5.76. The van der Waals surface area contributed by atoms with E-state index in [0.717, 1.165) is 23.1 Å². The maximum Gasteiger partial charge on any atom is 0.182 e. The predicted octanol–water partition coefficient (Wildman–Crippen LogP) is 2.52. The summed E-state index contributed by atoms with van der Waals surface area (Å²) >= 11 is 0. The minimum absolute atomic E-state index is 0.601. The Bertz CT molecular complexity index is 716. The average molecular weight is 237 g/mol. The summed E-state index contributed by atoms with van der Waals surface area (Å²) in [7, 11) is 0. The quantitative estimate of drug-likeness (QED) is 0.643. The van der Waals surface area contributed by atoms with Crippen molar-refractivity contribution in [2.24, 2.45) is 0 Å². The number of carbonyl (C=O) groups excluding carboxylic acids is 1. The molecule has 4 nitrogen and oxygen atoms in total. The fourth-order valence-corrected chi connectivity index (χ4v) is 1.95. The van der Waals surface area contributed by atoms with Crippen molar-refractivity contribution in [1.82, 2.24) is 14.6 Å². The van der Waals surface area contributed by atoms with Crippen LogP contribution in [0, 0.1) is 6.92 Å². The summed E-state index contributed by atoms with van der Waals surface area (Å²) in [5, 5.41) is 4.40. The molecular formula is C14H11N3O. The molecule has 0 aliphatic heterocycles. The van der Waals surface area contributed by atoms with Crippen molar-refractivity contribution in [2.75, 3.05) is 0 Å². The molecule has 0 fully saturated rings. The second-order valence-electron chi connectivity index (χ2n) is 4.14. The van der Waals surface area contributed by atoms with Crippen LogP contribution in [0.15, 0.2) is 42.6 Å². The summed E-state index contributed by atoms with van der Waals surface area (Å²) in [5.41, 5.74) is 3.28. The Balaban J connectivity index is 2.23. The Labute approximate surface area is 104 Å². The van der Waals surface area contributed by atoms with E-state index < -0.39 is 0 Å². The van der Waals surface area contributed by atoms with Crippen molar-refractivity contribution < 1.29 is 4.79 Å². The molecule has 0 saturated heterocycles. The first-order valence-electron chi connectivity index (χ1n) is 5.65. The van der Waals surface area contributed by atoms with Gasteiger partial charge in [0.25, 0.3) is 0 Å². The molecule has 1 aromatic carbocycles. The molecule has 2 aromatic heterocycles. The number of carbonyl (C=O) groups is 1. The van der Waals surface area contributed by atoms with E-state index in [9.17, 15) is 4.79 Å². The number of hydrogen-bond acceptors (Lipinski definition) is 3. The van der Waals surface area contributed by atoms with Crippen LogP contribution in [0.4, 0.5) is 0 Å². The Hall–Kier alpha value is -2.49. The number of benzene rings is 1. The zero-order valence-corrected chi connectivity index (χ0v) is 9.87. The van der Waals surface area contributed by atoms with E-state index in [2.05, 4.69) is 10.1 Å². The van der Waals surface area contributed by atoms with Gasteiger partial charge >= 0.3 is 0 Å². The van der Waals surface area contributed by atoms with Crippen LogP contribution in [-0.4, -0.2) is 20.9 Å². The number of hydrogen-bond donors (Lipinski definition) is 0. The average Bonchev–Trinajstić information content (AvgIpc) is 2.84. The van der Waals surface area contributed by atoms with E-state index in [1.165, 1.54) is 0 Å². The van der Waals surface area contributed by atoms with Crippen molar-refractivity contribution in [3.05, 3.63) is 53.7 Å². The van der Waals surface area contributed by atoms with Gasteiger partial charge in [-0.2, -0.15) is 0 Å². The van der Waals surface area contributed by atoms with Gasteiger partial charge in [0.05, 0.1) is 0 Å². The molecular weight excluding hydrogens is 226 g/mol. The zero-order valence-electron chi connectivity index (χ0n) is 9.87. The lowest BCUT2D eigenvalue weighted by molar-refractivity contribution is 0.112. The number of rotatable bonds is 2. The molecule has 0 aliphatic carbocycles. The van der Waals surface area contributed by atoms with Crippen LogP contribution in [-0.2, 0) is 0 Å². The van der Waals surface area contributed by atoms with Gasteiger partial charge < -0.3 is 0 Å². The first-order valence-corrected chi connectivity index (χ1v) is 5.65. The molecule has 4 heteroatoms. The van der Waals surface area contributed by atoms with E-state index in [1.54, 1.807) is 10.7 Å². The van der Waals surface area contributed by atoms with Gasteiger partial charge in [0.1, 0.15) is 0 Å². The first kappa shape index (κ1) is 10.7. The van der Waals surface area contributed by atoms with Crippen LogP contribution >= 0.6 is 0 Å². The summed E-state index contributed by atoms with van der Waals surface area (Å²) in [5.74, 6) is 0.668. The van der Waals surface area contributed by atoms with Crippen molar-refractivity contribution >= 4 is 11.9 Å². The molecule has 0 spiro atoms. The topological polar surface area (TPSA) is 47.3 Å². The molecule has 0 radical (unpaired) electrons. The van der Waals surface area contributed by atoms with Gasteiger partial charge in [-0.05, 0) is 18.6 Å². The molecule has 88 valence electrons. The lowest BCUT2D eigenvalue weighted by Gasteiger charge is -1.96. The van der Waals surface area contributed by atoms with E-state index >= 15 is 0 Å². The normalized spacial score (nSPS) is 10.7. The van der Waals surface area contributed by atoms with Crippen molar-refractivity contribution in [3.8, 4) is 11.4 Å². The number of aldehydes is 1. The van der Waals surface area contributed by atoms with Gasteiger partial charge in [-0.3, -0.25) is 4.79 Å². The van der Waals surface area contributed by atoms with Crippen LogP contribution in [0.3, 0.4) is 0 Å². The summed E-state index contributed by atoms with van der Waals surface area (Å²) in [6.45, 7) is 1.92. The maximum atomic E-state index is 10.8. The van der Waals surface area contributed by atoms with Crippen LogP contribution < -0.4 is 0 Å². The Kier molecular flexibility index (Phi) is 2.41. The highest BCUT2D eigenvalue weighted by Crippen LogP contribution is 2.17. The number of nitrogens with zero attached hydrogens (tertiary/aromatic N) is 3. The molecule has 0 bridgehead atoms. The van der Waals surface area contributed by atoms with E-state index in [0.29, 0.717) is 11.4 Å². The van der Waals surface area contributed by atoms with E-state index in [-0.39, 0.29) is 0 Å². The fourth-order valence-electron chi connectivity index (χ4n) is 1.95. The summed E-state index contributed by atoms with van der Waals surface area (Å²) < 4.78 is 1.65. The smallest absolute Gasteiger partial charge is 0.182 e. The molecule has 0 N–H and O–H groups in total. The molecule has 0 atom stereocenters. The lowest BCUT2D eigenvalue weighted by atomic mass is 10.2. The molecule has 0 aliphatic rings. The van der Waals surface area contributed by atoms with Gasteiger partial charge in [0, 0.05) is 17.3 Å². The fraction of sp³-hybridized carbons (Fsp3) is 0.0714. The first-order chi connectivity index (χ1) is 8.78. The molecule has 2 heterocycles. The third kappa shape index (κ3) is 1.68. The largest absolute Gasteiger partial charge is 0.298 e. The minimum Gasteiger partial charge on any atom is -0.298 e. The minimum atomic E-state index is 0.601. The summed E-state index contributed by atoms with van der Waals surface area (Å²) in [4.78, 5) is 15.3. The maximum absolute atomic E-state index is 10.8. The Morgan fingerprint density at radius 1 is 1.22 bits per heavy atom. The Morgan fingerprint density at radius 3 is 2.72 bits per heavy atom. The lowest BCUT2D eigenvalue weighted by Crippen LogP contribution is -1.93. The molecule has 0 unspecified atom stereocenters. The van der Waals surface area contributed by atoms with Gasteiger partial charge in [0.2, 0.25) is 0 Å². The highest BCUT2D eigenvalue weighted by Gasteiger charge is 2.08. The zero-order chi connectivity index (χ0) is 12.5. The SMILES string of the molecule is Cc1cc(C=O)cn2nc(-c3ccccc3)nc12. The summed E-state index contributed by atoms with van der Waals surface area (Å²) in [6, 6.07) is 11.6. The molecule has 0 amide bonds. The van der Waals surface area contributed by atoms with Crippen LogP contribution in [0.1, 0.15) is 15.9 Å². The van der Waals surface area contributed by atoms with Crippen molar-refractivity contribution in [2.45, 2.75) is 6.92 Å². The van der Waals surface area contributed by atoms with Gasteiger partial charge in [-0.25, -0.2) is 9.50 Å². The third-order valence-corrected chi connectivity index (χ3v) is 2.81. The van der Waals surface area contributed by atoms with Crippen molar-refractivity contribution in [3.63, 3.8) is 0 Å². The Morgan fingerprint density at radius 2 is 2.00 bits per heavy atom. The number of aromatic nitrogens is 3. The third-order valence-electron chi connectivity index (χ3n) is 2.81. The molecule has 18 heavy (non-hydrogen) atoms. The van der Waals surface area contributed by atoms with Crippen molar-refractivity contribution in [1.29, 1.82) is 0 Å². The second-order valence-corrected chi connectivity index (χ2v) is 4.14. The molecule has 0 saturated carbocycles. The van der Waals surface area contributed by atoms with E-state index in [4.69, 9.17) is 0 Å². The van der Waals surface area contributed by atoms with E-state index in [1.807, 2.05) is 43.3 Å². The highest BCUT2D eigenvalue weighted by atomic mass is 16.1. The number of aryl methyl sites for hydroxylation is 1. The molecule has 3 rings (SSSR count). The van der Waals surface area contributed by atoms with Crippen LogP contribution in [0.25, 0.3) is 17.0 Å².